The quantitative estimate of drug-likeness (QED) is 0.907. The van der Waals surface area contributed by atoms with Crippen LogP contribution in [0.25, 0.3) is 0 Å². The van der Waals surface area contributed by atoms with E-state index in [1.807, 2.05) is 0 Å². The van der Waals surface area contributed by atoms with Gasteiger partial charge in [0.2, 0.25) is 5.91 Å². The number of amides is 2. The summed E-state index contributed by atoms with van der Waals surface area (Å²) in [7, 11) is 0. The van der Waals surface area contributed by atoms with Gasteiger partial charge in [-0.2, -0.15) is 5.10 Å². The molecule has 1 saturated heterocycles. The molecule has 0 aliphatic carbocycles. The fourth-order valence-corrected chi connectivity index (χ4v) is 3.42. The average molecular weight is 349 g/mol. The first-order valence-electron chi connectivity index (χ1n) is 8.62. The van der Waals surface area contributed by atoms with Crippen LogP contribution in [0.2, 0.25) is 0 Å². The summed E-state index contributed by atoms with van der Waals surface area (Å²) in [6.07, 6.45) is 3.37. The molecular formula is C18H21F2N3O2. The first kappa shape index (κ1) is 17.5. The number of nitrogens with zero attached hydrogens (tertiary/aromatic N) is 2. The second kappa shape index (κ2) is 7.72. The number of likely N-dealkylation sites (tertiary alicyclic amines) is 1. The maximum atomic E-state index is 13.7. The molecule has 0 radical (unpaired) electrons. The van der Waals surface area contributed by atoms with Crippen molar-refractivity contribution in [1.82, 2.24) is 10.3 Å². The van der Waals surface area contributed by atoms with Crippen LogP contribution < -0.4 is 5.43 Å². The molecular weight excluding hydrogens is 328 g/mol. The predicted molar refractivity (Wildman–Crippen MR) is 88.8 cm³/mol. The van der Waals surface area contributed by atoms with Gasteiger partial charge in [-0.1, -0.05) is 6.07 Å². The Balaban J connectivity index is 1.58. The summed E-state index contributed by atoms with van der Waals surface area (Å²) in [6, 6.07) is 3.90. The van der Waals surface area contributed by atoms with Gasteiger partial charge in [-0.3, -0.25) is 9.59 Å². The van der Waals surface area contributed by atoms with Crippen LogP contribution in [0.4, 0.5) is 8.78 Å². The standard InChI is InChI=1S/C18H21F2N3O2/c19-14-4-1-5-15(20)13(14)7-6-12-3-2-10-23(11-12)18(25)16-8-9-17(24)22-21-16/h1,4-5,12H,2-3,6-11H2,(H,22,24)/t12-/m0/s1. The van der Waals surface area contributed by atoms with Crippen molar-refractivity contribution in [2.24, 2.45) is 11.0 Å². The molecule has 3 rings (SSSR count). The zero-order valence-corrected chi connectivity index (χ0v) is 13.9. The summed E-state index contributed by atoms with van der Waals surface area (Å²) >= 11 is 0. The zero-order valence-electron chi connectivity index (χ0n) is 13.9. The van der Waals surface area contributed by atoms with Gasteiger partial charge in [0.1, 0.15) is 17.3 Å². The Morgan fingerprint density at radius 1 is 1.28 bits per heavy atom. The Hall–Kier alpha value is -2.31. The number of carbonyl (C=O) groups excluding carboxylic acids is 2. The lowest BCUT2D eigenvalue weighted by molar-refractivity contribution is -0.126. The van der Waals surface area contributed by atoms with E-state index in [1.165, 1.54) is 18.2 Å². The lowest BCUT2D eigenvalue weighted by atomic mass is 9.91. The van der Waals surface area contributed by atoms with Gasteiger partial charge in [0.05, 0.1) is 0 Å². The van der Waals surface area contributed by atoms with Crippen LogP contribution in [0.5, 0.6) is 0 Å². The normalized spacial score (nSPS) is 20.9. The molecule has 5 nitrogen and oxygen atoms in total. The highest BCUT2D eigenvalue weighted by Gasteiger charge is 2.28. The van der Waals surface area contributed by atoms with E-state index >= 15 is 0 Å². The number of halogens is 2. The van der Waals surface area contributed by atoms with Crippen molar-refractivity contribution >= 4 is 17.5 Å². The number of rotatable bonds is 4. The summed E-state index contributed by atoms with van der Waals surface area (Å²) in [5.41, 5.74) is 2.83. The average Bonchev–Trinajstić information content (AvgIpc) is 2.62. The molecule has 0 spiro atoms. The second-order valence-electron chi connectivity index (χ2n) is 6.59. The number of hydrogen-bond acceptors (Lipinski definition) is 3. The third-order valence-corrected chi connectivity index (χ3v) is 4.82. The van der Waals surface area contributed by atoms with Gasteiger partial charge in [-0.05, 0) is 43.7 Å². The van der Waals surface area contributed by atoms with E-state index < -0.39 is 11.6 Å². The number of benzene rings is 1. The van der Waals surface area contributed by atoms with E-state index in [0.717, 1.165) is 12.8 Å². The maximum absolute atomic E-state index is 13.7. The van der Waals surface area contributed by atoms with Gasteiger partial charge < -0.3 is 4.90 Å². The molecule has 0 bridgehead atoms. The minimum atomic E-state index is -0.518. The molecule has 0 saturated carbocycles. The van der Waals surface area contributed by atoms with Gasteiger partial charge >= 0.3 is 0 Å². The minimum absolute atomic E-state index is 0.116. The Morgan fingerprint density at radius 3 is 2.72 bits per heavy atom. The molecule has 1 aromatic carbocycles. The van der Waals surface area contributed by atoms with Crippen molar-refractivity contribution in [3.05, 3.63) is 35.4 Å². The van der Waals surface area contributed by atoms with Gasteiger partial charge in [0, 0.05) is 31.5 Å². The molecule has 1 atom stereocenters. The second-order valence-corrected chi connectivity index (χ2v) is 6.59. The Bertz CT molecular complexity index is 685. The number of piperidine rings is 1. The summed E-state index contributed by atoms with van der Waals surface area (Å²) in [5.74, 6) is -1.16. The van der Waals surface area contributed by atoms with E-state index in [2.05, 4.69) is 10.5 Å². The smallest absolute Gasteiger partial charge is 0.270 e. The topological polar surface area (TPSA) is 61.8 Å². The third kappa shape index (κ3) is 4.21. The molecule has 1 aromatic rings. The fourth-order valence-electron chi connectivity index (χ4n) is 3.42. The SMILES string of the molecule is O=C1CCC(C(=O)N2CCC[C@@H](CCc3c(F)cccc3F)C2)=NN1. The minimum Gasteiger partial charge on any atom is -0.337 e. The van der Waals surface area contributed by atoms with Crippen LogP contribution in [0, 0.1) is 17.6 Å². The highest BCUT2D eigenvalue weighted by molar-refractivity contribution is 6.39. The third-order valence-electron chi connectivity index (χ3n) is 4.82. The van der Waals surface area contributed by atoms with Crippen molar-refractivity contribution in [3.8, 4) is 0 Å². The Labute approximate surface area is 145 Å². The maximum Gasteiger partial charge on any atom is 0.270 e. The van der Waals surface area contributed by atoms with E-state index in [0.29, 0.717) is 38.1 Å². The fraction of sp³-hybridized carbons (Fsp3) is 0.500. The Morgan fingerprint density at radius 2 is 2.04 bits per heavy atom. The van der Waals surface area contributed by atoms with Gasteiger partial charge in [-0.15, -0.1) is 0 Å². The number of nitrogens with one attached hydrogen (secondary N) is 1. The van der Waals surface area contributed by atoms with Crippen LogP contribution in [0.15, 0.2) is 23.3 Å². The first-order valence-corrected chi connectivity index (χ1v) is 8.62. The monoisotopic (exact) mass is 349 g/mol. The number of hydrazone groups is 1. The molecule has 1 N–H and O–H groups in total. The predicted octanol–water partition coefficient (Wildman–Crippen LogP) is 2.40. The molecule has 0 aromatic heterocycles. The molecule has 25 heavy (non-hydrogen) atoms. The van der Waals surface area contributed by atoms with Gasteiger partial charge in [0.15, 0.2) is 0 Å². The van der Waals surface area contributed by atoms with E-state index in [1.54, 1.807) is 4.90 Å². The Kier molecular flexibility index (Phi) is 5.40. The lowest BCUT2D eigenvalue weighted by Crippen LogP contribution is -2.45. The van der Waals surface area contributed by atoms with E-state index in [-0.39, 0.29) is 29.7 Å². The first-order chi connectivity index (χ1) is 12.0. The highest BCUT2D eigenvalue weighted by Crippen LogP contribution is 2.24. The molecule has 2 amide bonds. The summed E-state index contributed by atoms with van der Waals surface area (Å²) in [4.78, 5) is 25.4. The van der Waals surface area contributed by atoms with Crippen LogP contribution in [-0.2, 0) is 16.0 Å². The van der Waals surface area contributed by atoms with Crippen molar-refractivity contribution in [3.63, 3.8) is 0 Å². The molecule has 2 aliphatic heterocycles. The van der Waals surface area contributed by atoms with E-state index in [4.69, 9.17) is 0 Å². The van der Waals surface area contributed by atoms with Crippen molar-refractivity contribution in [1.29, 1.82) is 0 Å². The molecule has 7 heteroatoms. The van der Waals surface area contributed by atoms with Crippen LogP contribution in [0.1, 0.15) is 37.7 Å². The zero-order chi connectivity index (χ0) is 17.8. The number of hydrogen-bond donors (Lipinski definition) is 1. The van der Waals surface area contributed by atoms with E-state index in [9.17, 15) is 18.4 Å². The van der Waals surface area contributed by atoms with Crippen LogP contribution >= 0.6 is 0 Å². The van der Waals surface area contributed by atoms with Gasteiger partial charge in [0.25, 0.3) is 5.91 Å². The molecule has 2 aliphatic rings. The van der Waals surface area contributed by atoms with Crippen molar-refractivity contribution < 1.29 is 18.4 Å². The lowest BCUT2D eigenvalue weighted by Gasteiger charge is -2.33. The molecule has 2 heterocycles. The summed E-state index contributed by atoms with van der Waals surface area (Å²) in [5, 5.41) is 3.85. The van der Waals surface area contributed by atoms with Crippen molar-refractivity contribution in [2.45, 2.75) is 38.5 Å². The summed E-state index contributed by atoms with van der Waals surface area (Å²) in [6.45, 7) is 1.21. The van der Waals surface area contributed by atoms with Crippen molar-refractivity contribution in [2.75, 3.05) is 13.1 Å². The number of carbonyl (C=O) groups is 2. The largest absolute Gasteiger partial charge is 0.337 e. The molecule has 1 fully saturated rings. The van der Waals surface area contributed by atoms with Crippen LogP contribution in [0.3, 0.4) is 0 Å². The van der Waals surface area contributed by atoms with Crippen LogP contribution in [-0.4, -0.2) is 35.5 Å². The molecule has 134 valence electrons. The van der Waals surface area contributed by atoms with Gasteiger partial charge in [-0.25, -0.2) is 14.2 Å². The molecule has 0 unspecified atom stereocenters. The summed E-state index contributed by atoms with van der Waals surface area (Å²) < 4.78 is 27.5. The highest BCUT2D eigenvalue weighted by atomic mass is 19.1.